The van der Waals surface area contributed by atoms with Crippen molar-refractivity contribution in [1.82, 2.24) is 4.90 Å². The number of carboxylic acid groups (broad SMARTS) is 1. The average molecular weight is 225 g/mol. The van der Waals surface area contributed by atoms with E-state index < -0.39 is 11.9 Å². The van der Waals surface area contributed by atoms with Crippen LogP contribution in [0.1, 0.15) is 38.5 Å². The van der Waals surface area contributed by atoms with Gasteiger partial charge in [0.25, 0.3) is 0 Å². The van der Waals surface area contributed by atoms with Crippen LogP contribution in [0, 0.1) is 11.8 Å². The van der Waals surface area contributed by atoms with E-state index in [9.17, 15) is 9.59 Å². The quantitative estimate of drug-likeness (QED) is 0.774. The number of carbonyl (C=O) groups excluding carboxylic acids is 1. The van der Waals surface area contributed by atoms with Gasteiger partial charge in [-0.05, 0) is 19.3 Å². The van der Waals surface area contributed by atoms with Crippen molar-refractivity contribution in [1.29, 1.82) is 0 Å². The third-order valence-electron chi connectivity index (χ3n) is 3.59. The molecule has 2 atom stereocenters. The minimum atomic E-state index is -0.814. The molecule has 0 aromatic rings. The fourth-order valence-electron chi connectivity index (χ4n) is 2.44. The molecule has 1 aliphatic carbocycles. The molecule has 4 nitrogen and oxygen atoms in total. The molecule has 90 valence electrons. The standard InChI is InChI=1S/C12H19NO3/c14-11(9-8-10(9)12(15)16)13-6-4-2-1-3-5-7-13/h9-10H,1-8H2,(H,15,16)/t9-,10+/m1/s1. The summed E-state index contributed by atoms with van der Waals surface area (Å²) in [6.07, 6.45) is 6.33. The van der Waals surface area contributed by atoms with E-state index in [-0.39, 0.29) is 11.8 Å². The second-order valence-electron chi connectivity index (χ2n) is 4.88. The Morgan fingerprint density at radius 3 is 2.00 bits per heavy atom. The number of rotatable bonds is 2. The predicted molar refractivity (Wildman–Crippen MR) is 58.9 cm³/mol. The Morgan fingerprint density at radius 1 is 0.938 bits per heavy atom. The van der Waals surface area contributed by atoms with Crippen LogP contribution < -0.4 is 0 Å². The molecule has 1 saturated heterocycles. The minimum absolute atomic E-state index is 0.0781. The highest BCUT2D eigenvalue weighted by Crippen LogP contribution is 2.40. The molecule has 1 N–H and O–H groups in total. The second-order valence-corrected chi connectivity index (χ2v) is 4.88. The first-order valence-corrected chi connectivity index (χ1v) is 6.22. The van der Waals surface area contributed by atoms with Crippen molar-refractivity contribution in [2.75, 3.05) is 13.1 Å². The number of likely N-dealkylation sites (tertiary alicyclic amines) is 1. The van der Waals surface area contributed by atoms with Crippen molar-refractivity contribution >= 4 is 11.9 Å². The van der Waals surface area contributed by atoms with Crippen LogP contribution in [-0.2, 0) is 9.59 Å². The van der Waals surface area contributed by atoms with Crippen LogP contribution >= 0.6 is 0 Å². The van der Waals surface area contributed by atoms with Crippen LogP contribution in [0.15, 0.2) is 0 Å². The maximum absolute atomic E-state index is 12.0. The molecule has 1 saturated carbocycles. The number of aliphatic carboxylic acids is 1. The lowest BCUT2D eigenvalue weighted by atomic mass is 10.1. The molecule has 4 heteroatoms. The predicted octanol–water partition coefficient (Wildman–Crippen LogP) is 1.50. The van der Waals surface area contributed by atoms with Gasteiger partial charge in [0, 0.05) is 13.1 Å². The number of hydrogen-bond acceptors (Lipinski definition) is 2. The largest absolute Gasteiger partial charge is 0.481 e. The Kier molecular flexibility index (Phi) is 3.46. The second kappa shape index (κ2) is 4.85. The number of carboxylic acids is 1. The SMILES string of the molecule is O=C(O)[C@H]1C[C@H]1C(=O)N1CCCCCCC1. The Bertz CT molecular complexity index is 282. The maximum Gasteiger partial charge on any atom is 0.307 e. The molecule has 16 heavy (non-hydrogen) atoms. The maximum atomic E-state index is 12.0. The number of amides is 1. The molecule has 0 unspecified atom stereocenters. The molecule has 0 aromatic carbocycles. The molecular formula is C12H19NO3. The third-order valence-corrected chi connectivity index (χ3v) is 3.59. The van der Waals surface area contributed by atoms with Crippen molar-refractivity contribution in [3.8, 4) is 0 Å². The first-order valence-electron chi connectivity index (χ1n) is 6.22. The Morgan fingerprint density at radius 2 is 1.50 bits per heavy atom. The lowest BCUT2D eigenvalue weighted by molar-refractivity contribution is -0.142. The summed E-state index contributed by atoms with van der Waals surface area (Å²) in [4.78, 5) is 24.6. The summed E-state index contributed by atoms with van der Waals surface area (Å²) >= 11 is 0. The summed E-state index contributed by atoms with van der Waals surface area (Å²) in [5.41, 5.74) is 0. The van der Waals surface area contributed by atoms with Crippen LogP contribution in [0.5, 0.6) is 0 Å². The highest BCUT2D eigenvalue weighted by Gasteiger charge is 2.49. The fraction of sp³-hybridized carbons (Fsp3) is 0.833. The number of nitrogens with zero attached hydrogens (tertiary/aromatic N) is 1. The van der Waals surface area contributed by atoms with E-state index in [1.54, 1.807) is 0 Å². The molecule has 1 heterocycles. The summed E-state index contributed by atoms with van der Waals surface area (Å²) < 4.78 is 0. The summed E-state index contributed by atoms with van der Waals surface area (Å²) in [5, 5.41) is 8.80. The highest BCUT2D eigenvalue weighted by molar-refractivity contribution is 5.89. The van der Waals surface area contributed by atoms with E-state index in [0.29, 0.717) is 6.42 Å². The molecule has 0 spiro atoms. The van der Waals surface area contributed by atoms with Gasteiger partial charge in [0.2, 0.25) is 5.91 Å². The molecule has 2 fully saturated rings. The van der Waals surface area contributed by atoms with Gasteiger partial charge in [0.1, 0.15) is 0 Å². The van der Waals surface area contributed by atoms with E-state index in [0.717, 1.165) is 25.9 Å². The van der Waals surface area contributed by atoms with E-state index in [2.05, 4.69) is 0 Å². The number of hydrogen-bond donors (Lipinski definition) is 1. The molecule has 1 amide bonds. The van der Waals surface area contributed by atoms with Crippen LogP contribution in [0.2, 0.25) is 0 Å². The van der Waals surface area contributed by atoms with E-state index in [4.69, 9.17) is 5.11 Å². The van der Waals surface area contributed by atoms with E-state index >= 15 is 0 Å². The van der Waals surface area contributed by atoms with Gasteiger partial charge < -0.3 is 10.0 Å². The molecule has 0 radical (unpaired) electrons. The van der Waals surface area contributed by atoms with Crippen molar-refractivity contribution < 1.29 is 14.7 Å². The molecular weight excluding hydrogens is 206 g/mol. The zero-order valence-electron chi connectivity index (χ0n) is 9.52. The third kappa shape index (κ3) is 2.54. The lowest BCUT2D eigenvalue weighted by Gasteiger charge is -2.24. The van der Waals surface area contributed by atoms with Gasteiger partial charge in [0.15, 0.2) is 0 Å². The highest BCUT2D eigenvalue weighted by atomic mass is 16.4. The van der Waals surface area contributed by atoms with Gasteiger partial charge in [0.05, 0.1) is 11.8 Å². The first-order chi connectivity index (χ1) is 7.70. The molecule has 0 bridgehead atoms. The van der Waals surface area contributed by atoms with E-state index in [1.165, 1.54) is 19.3 Å². The summed E-state index contributed by atoms with van der Waals surface area (Å²) in [7, 11) is 0. The summed E-state index contributed by atoms with van der Waals surface area (Å²) in [6.45, 7) is 1.64. The lowest BCUT2D eigenvalue weighted by Crippen LogP contribution is -2.35. The van der Waals surface area contributed by atoms with Crippen molar-refractivity contribution in [2.24, 2.45) is 11.8 Å². The van der Waals surface area contributed by atoms with E-state index in [1.807, 2.05) is 4.90 Å². The van der Waals surface area contributed by atoms with Crippen LogP contribution in [-0.4, -0.2) is 35.0 Å². The van der Waals surface area contributed by atoms with Crippen molar-refractivity contribution in [3.63, 3.8) is 0 Å². The fourth-order valence-corrected chi connectivity index (χ4v) is 2.44. The first kappa shape index (κ1) is 11.4. The zero-order valence-corrected chi connectivity index (χ0v) is 9.52. The molecule has 1 aliphatic heterocycles. The molecule has 2 aliphatic rings. The molecule has 0 aromatic heterocycles. The van der Waals surface area contributed by atoms with Crippen LogP contribution in [0.4, 0.5) is 0 Å². The van der Waals surface area contributed by atoms with Gasteiger partial charge in [-0.25, -0.2) is 0 Å². The minimum Gasteiger partial charge on any atom is -0.481 e. The monoisotopic (exact) mass is 225 g/mol. The van der Waals surface area contributed by atoms with Gasteiger partial charge in [-0.2, -0.15) is 0 Å². The van der Waals surface area contributed by atoms with Gasteiger partial charge in [-0.15, -0.1) is 0 Å². The van der Waals surface area contributed by atoms with Crippen LogP contribution in [0.3, 0.4) is 0 Å². The Balaban J connectivity index is 1.86. The number of carbonyl (C=O) groups is 2. The van der Waals surface area contributed by atoms with Crippen molar-refractivity contribution in [3.05, 3.63) is 0 Å². The summed E-state index contributed by atoms with van der Waals surface area (Å²) in [6, 6.07) is 0. The Labute approximate surface area is 95.6 Å². The smallest absolute Gasteiger partial charge is 0.307 e. The zero-order chi connectivity index (χ0) is 11.5. The van der Waals surface area contributed by atoms with Crippen molar-refractivity contribution in [2.45, 2.75) is 38.5 Å². The van der Waals surface area contributed by atoms with Crippen LogP contribution in [0.25, 0.3) is 0 Å². The Hall–Kier alpha value is -1.06. The van der Waals surface area contributed by atoms with Gasteiger partial charge in [-0.3, -0.25) is 9.59 Å². The normalized spacial score (nSPS) is 30.4. The van der Waals surface area contributed by atoms with Gasteiger partial charge >= 0.3 is 5.97 Å². The topological polar surface area (TPSA) is 57.6 Å². The average Bonchev–Trinajstić information content (AvgIpc) is 2.95. The molecule has 2 rings (SSSR count). The van der Waals surface area contributed by atoms with Gasteiger partial charge in [-0.1, -0.05) is 19.3 Å². The summed E-state index contributed by atoms with van der Waals surface area (Å²) in [5.74, 6) is -1.37.